The number of rotatable bonds is 4. The minimum absolute atomic E-state index is 0.279. The molecule has 0 heterocycles. The van der Waals surface area contributed by atoms with E-state index in [1.54, 1.807) is 0 Å². The van der Waals surface area contributed by atoms with Crippen LogP contribution in [0.5, 0.6) is 0 Å². The molecule has 2 atom stereocenters. The smallest absolute Gasteiger partial charge is 0.312 e. The first-order chi connectivity index (χ1) is 9.45. The second-order valence-corrected chi connectivity index (χ2v) is 6.07. The van der Waals surface area contributed by atoms with E-state index in [4.69, 9.17) is 11.6 Å². The van der Waals surface area contributed by atoms with Gasteiger partial charge in [0.15, 0.2) is 0 Å². The molecule has 0 bridgehead atoms. The summed E-state index contributed by atoms with van der Waals surface area (Å²) in [5, 5.41) is 3.59. The van der Waals surface area contributed by atoms with E-state index in [0.29, 0.717) is 12.5 Å². The van der Waals surface area contributed by atoms with Crippen molar-refractivity contribution in [1.82, 2.24) is 5.32 Å². The Morgan fingerprint density at radius 1 is 1.15 bits per heavy atom. The van der Waals surface area contributed by atoms with Crippen LogP contribution in [-0.4, -0.2) is 11.9 Å². The van der Waals surface area contributed by atoms with E-state index in [1.165, 1.54) is 25.0 Å². The SMILES string of the molecule is FC(F)(F)c1ccc(CNCC2CCCC(Cl)C2)cc1. The molecule has 2 unspecified atom stereocenters. The molecule has 112 valence electrons. The van der Waals surface area contributed by atoms with Crippen molar-refractivity contribution in [3.63, 3.8) is 0 Å². The standard InChI is InChI=1S/C15H19ClF3N/c16-14-3-1-2-12(8-14)10-20-9-11-4-6-13(7-5-11)15(17,18)19/h4-7,12,14,20H,1-3,8-10H2. The molecule has 20 heavy (non-hydrogen) atoms. The van der Waals surface area contributed by atoms with Gasteiger partial charge in [-0.3, -0.25) is 0 Å². The van der Waals surface area contributed by atoms with Gasteiger partial charge in [0.2, 0.25) is 0 Å². The number of benzene rings is 1. The third kappa shape index (κ3) is 4.67. The highest BCUT2D eigenvalue weighted by molar-refractivity contribution is 6.20. The molecule has 0 radical (unpaired) electrons. The zero-order valence-electron chi connectivity index (χ0n) is 11.2. The lowest BCUT2D eigenvalue weighted by Gasteiger charge is -2.25. The first kappa shape index (κ1) is 15.6. The van der Waals surface area contributed by atoms with E-state index in [2.05, 4.69) is 5.32 Å². The van der Waals surface area contributed by atoms with Crippen molar-refractivity contribution < 1.29 is 13.2 Å². The molecule has 1 N–H and O–H groups in total. The Hall–Kier alpha value is -0.740. The topological polar surface area (TPSA) is 12.0 Å². The van der Waals surface area contributed by atoms with E-state index < -0.39 is 11.7 Å². The van der Waals surface area contributed by atoms with Gasteiger partial charge in [0.25, 0.3) is 0 Å². The first-order valence-electron chi connectivity index (χ1n) is 6.96. The molecule has 2 rings (SSSR count). The highest BCUT2D eigenvalue weighted by Crippen LogP contribution is 2.29. The minimum atomic E-state index is -4.26. The number of nitrogens with one attached hydrogen (secondary N) is 1. The zero-order chi connectivity index (χ0) is 14.6. The second kappa shape index (κ2) is 6.81. The highest BCUT2D eigenvalue weighted by Gasteiger charge is 2.29. The van der Waals surface area contributed by atoms with Gasteiger partial charge in [-0.15, -0.1) is 11.6 Å². The van der Waals surface area contributed by atoms with Gasteiger partial charge in [-0.05, 0) is 49.4 Å². The predicted octanol–water partition coefficient (Wildman–Crippen LogP) is 4.59. The Bertz CT molecular complexity index is 416. The van der Waals surface area contributed by atoms with Gasteiger partial charge in [-0.25, -0.2) is 0 Å². The quantitative estimate of drug-likeness (QED) is 0.802. The van der Waals surface area contributed by atoms with Crippen molar-refractivity contribution in [3.8, 4) is 0 Å². The molecular formula is C15H19ClF3N. The zero-order valence-corrected chi connectivity index (χ0v) is 12.0. The lowest BCUT2D eigenvalue weighted by atomic mass is 9.89. The number of hydrogen-bond acceptors (Lipinski definition) is 1. The fourth-order valence-electron chi connectivity index (χ4n) is 2.64. The lowest BCUT2D eigenvalue weighted by Crippen LogP contribution is -2.27. The van der Waals surface area contributed by atoms with Crippen LogP contribution in [-0.2, 0) is 12.7 Å². The average Bonchev–Trinajstić information content (AvgIpc) is 2.38. The molecule has 0 saturated heterocycles. The summed E-state index contributed by atoms with van der Waals surface area (Å²) in [6.45, 7) is 1.48. The summed E-state index contributed by atoms with van der Waals surface area (Å²) in [6.07, 6.45) is 0.214. The highest BCUT2D eigenvalue weighted by atomic mass is 35.5. The summed E-state index contributed by atoms with van der Waals surface area (Å²) in [6, 6.07) is 5.32. The van der Waals surface area contributed by atoms with Crippen LogP contribution in [0.2, 0.25) is 0 Å². The molecule has 1 aliphatic rings. The molecule has 1 aliphatic carbocycles. The molecule has 5 heteroatoms. The van der Waals surface area contributed by atoms with Crippen molar-refractivity contribution >= 4 is 11.6 Å². The van der Waals surface area contributed by atoms with Crippen LogP contribution >= 0.6 is 11.6 Å². The molecule has 0 spiro atoms. The second-order valence-electron chi connectivity index (χ2n) is 5.46. The van der Waals surface area contributed by atoms with Crippen molar-refractivity contribution in [3.05, 3.63) is 35.4 Å². The molecule has 1 aromatic rings. The maximum absolute atomic E-state index is 12.4. The van der Waals surface area contributed by atoms with E-state index in [-0.39, 0.29) is 5.38 Å². The number of hydrogen-bond donors (Lipinski definition) is 1. The number of halogens is 4. The molecule has 0 aliphatic heterocycles. The fourth-order valence-corrected chi connectivity index (χ4v) is 3.05. The predicted molar refractivity (Wildman–Crippen MR) is 74.7 cm³/mol. The van der Waals surface area contributed by atoms with Crippen LogP contribution in [0.15, 0.2) is 24.3 Å². The van der Waals surface area contributed by atoms with E-state index in [9.17, 15) is 13.2 Å². The van der Waals surface area contributed by atoms with Crippen molar-refractivity contribution in [1.29, 1.82) is 0 Å². The largest absolute Gasteiger partial charge is 0.416 e. The van der Waals surface area contributed by atoms with Crippen LogP contribution in [0, 0.1) is 5.92 Å². The maximum atomic E-state index is 12.4. The third-order valence-electron chi connectivity index (χ3n) is 3.76. The molecule has 1 fully saturated rings. The van der Waals surface area contributed by atoms with E-state index >= 15 is 0 Å². The maximum Gasteiger partial charge on any atom is 0.416 e. The molecule has 0 amide bonds. The van der Waals surface area contributed by atoms with Gasteiger partial charge >= 0.3 is 6.18 Å². The normalized spacial score (nSPS) is 23.8. The molecule has 0 aromatic heterocycles. The Kier molecular flexibility index (Phi) is 5.33. The fraction of sp³-hybridized carbons (Fsp3) is 0.600. The van der Waals surface area contributed by atoms with Crippen molar-refractivity contribution in [2.45, 2.75) is 43.8 Å². The van der Waals surface area contributed by atoms with Gasteiger partial charge in [0.05, 0.1) is 5.56 Å². The van der Waals surface area contributed by atoms with Gasteiger partial charge in [0.1, 0.15) is 0 Å². The van der Waals surface area contributed by atoms with Crippen LogP contribution < -0.4 is 5.32 Å². The first-order valence-corrected chi connectivity index (χ1v) is 7.39. The summed E-state index contributed by atoms with van der Waals surface area (Å²) >= 11 is 6.13. The summed E-state index contributed by atoms with van der Waals surface area (Å²) in [4.78, 5) is 0. The molecule has 1 nitrogen and oxygen atoms in total. The van der Waals surface area contributed by atoms with Crippen LogP contribution in [0.25, 0.3) is 0 Å². The number of alkyl halides is 4. The van der Waals surface area contributed by atoms with Gasteiger partial charge in [-0.2, -0.15) is 13.2 Å². The van der Waals surface area contributed by atoms with Gasteiger partial charge < -0.3 is 5.32 Å². The van der Waals surface area contributed by atoms with Crippen LogP contribution in [0.3, 0.4) is 0 Å². The monoisotopic (exact) mass is 305 g/mol. The molecular weight excluding hydrogens is 287 g/mol. The van der Waals surface area contributed by atoms with Gasteiger partial charge in [0, 0.05) is 11.9 Å². The van der Waals surface area contributed by atoms with Crippen molar-refractivity contribution in [2.24, 2.45) is 5.92 Å². The summed E-state index contributed by atoms with van der Waals surface area (Å²) < 4.78 is 37.3. The summed E-state index contributed by atoms with van der Waals surface area (Å²) in [5.74, 6) is 0.584. The minimum Gasteiger partial charge on any atom is -0.312 e. The van der Waals surface area contributed by atoms with Crippen LogP contribution in [0.1, 0.15) is 36.8 Å². The Labute approximate surface area is 122 Å². The van der Waals surface area contributed by atoms with E-state index in [1.807, 2.05) is 0 Å². The lowest BCUT2D eigenvalue weighted by molar-refractivity contribution is -0.137. The van der Waals surface area contributed by atoms with Crippen LogP contribution in [0.4, 0.5) is 13.2 Å². The summed E-state index contributed by atoms with van der Waals surface area (Å²) in [5.41, 5.74) is 0.273. The van der Waals surface area contributed by atoms with Gasteiger partial charge in [-0.1, -0.05) is 18.6 Å². The Morgan fingerprint density at radius 2 is 1.85 bits per heavy atom. The molecule has 1 aromatic carbocycles. The van der Waals surface area contributed by atoms with Crippen molar-refractivity contribution in [2.75, 3.05) is 6.54 Å². The Balaban J connectivity index is 1.77. The summed E-state index contributed by atoms with van der Waals surface area (Å²) in [7, 11) is 0. The Morgan fingerprint density at radius 3 is 2.45 bits per heavy atom. The molecule has 1 saturated carbocycles. The van der Waals surface area contributed by atoms with E-state index in [0.717, 1.165) is 37.1 Å². The average molecular weight is 306 g/mol. The third-order valence-corrected chi connectivity index (χ3v) is 4.16.